The van der Waals surface area contributed by atoms with Gasteiger partial charge in [0.15, 0.2) is 0 Å². The summed E-state index contributed by atoms with van der Waals surface area (Å²) in [4.78, 5) is 10.2. The molecule has 5 heteroatoms. The Morgan fingerprint density at radius 2 is 1.92 bits per heavy atom. The topological polar surface area (TPSA) is 37.3 Å². The van der Waals surface area contributed by atoms with Crippen molar-refractivity contribution < 1.29 is 18.7 Å². The number of aromatic carboxylic acids is 1. The minimum atomic E-state index is -1.47. The third-order valence-corrected chi connectivity index (χ3v) is 1.16. The van der Waals surface area contributed by atoms with Crippen molar-refractivity contribution in [3.8, 4) is 0 Å². The van der Waals surface area contributed by atoms with Crippen LogP contribution in [0.5, 0.6) is 0 Å². The van der Waals surface area contributed by atoms with E-state index >= 15 is 0 Å². The maximum Gasteiger partial charge on any atom is 0.338 e. The maximum absolute atomic E-state index is 12.5. The Bertz CT molecular complexity index is 301. The molecule has 0 heterocycles. The largest absolute Gasteiger partial charge is 0.478 e. The number of hydrogen-bond donors (Lipinski definition) is 1. The van der Waals surface area contributed by atoms with Gasteiger partial charge in [-0.25, -0.2) is 13.6 Å². The second-order valence-electron chi connectivity index (χ2n) is 1.93. The van der Waals surface area contributed by atoms with Crippen LogP contribution in [0, 0.1) is 11.6 Å². The standard InChI is InChI=1S/C7H4F2O2.Na/c8-4-1-2-6(9)5(3-4)7(10)11;/h1-3H,(H,10,11);. The van der Waals surface area contributed by atoms with Crippen LogP contribution in [0.25, 0.3) is 0 Å². The van der Waals surface area contributed by atoms with Crippen LogP contribution in [0.2, 0.25) is 0 Å². The SMILES string of the molecule is O=C(O)c1cc(F)ccc1F.[Na]. The molecule has 0 amide bonds. The molecule has 1 aromatic carbocycles. The van der Waals surface area contributed by atoms with E-state index in [1.165, 1.54) is 0 Å². The predicted molar refractivity (Wildman–Crippen MR) is 39.1 cm³/mol. The van der Waals surface area contributed by atoms with Crippen LogP contribution in [0.15, 0.2) is 18.2 Å². The van der Waals surface area contributed by atoms with Crippen molar-refractivity contribution in [3.63, 3.8) is 0 Å². The van der Waals surface area contributed by atoms with E-state index in [-0.39, 0.29) is 29.6 Å². The van der Waals surface area contributed by atoms with Gasteiger partial charge in [-0.15, -0.1) is 0 Å². The third kappa shape index (κ3) is 2.55. The van der Waals surface area contributed by atoms with E-state index in [0.717, 1.165) is 12.1 Å². The van der Waals surface area contributed by atoms with Gasteiger partial charge in [-0.3, -0.25) is 0 Å². The molecular weight excluding hydrogens is 177 g/mol. The van der Waals surface area contributed by atoms with Gasteiger partial charge in [0.25, 0.3) is 0 Å². The zero-order valence-electron chi connectivity index (χ0n) is 6.34. The molecule has 2 nitrogen and oxygen atoms in total. The van der Waals surface area contributed by atoms with Crippen LogP contribution in [0.3, 0.4) is 0 Å². The van der Waals surface area contributed by atoms with Gasteiger partial charge in [0, 0.05) is 29.6 Å². The van der Waals surface area contributed by atoms with E-state index in [4.69, 9.17) is 5.11 Å². The van der Waals surface area contributed by atoms with Crippen LogP contribution in [0.4, 0.5) is 8.78 Å². The van der Waals surface area contributed by atoms with Crippen molar-refractivity contribution in [3.05, 3.63) is 35.4 Å². The summed E-state index contributed by atoms with van der Waals surface area (Å²) >= 11 is 0. The van der Waals surface area contributed by atoms with E-state index < -0.39 is 23.2 Å². The maximum atomic E-state index is 12.5. The molecule has 0 aliphatic heterocycles. The summed E-state index contributed by atoms with van der Waals surface area (Å²) in [7, 11) is 0. The molecule has 0 saturated carbocycles. The fourth-order valence-corrected chi connectivity index (χ4v) is 0.661. The number of benzene rings is 1. The molecule has 0 aliphatic carbocycles. The molecule has 0 saturated heterocycles. The first-order chi connectivity index (χ1) is 5.11. The zero-order chi connectivity index (χ0) is 8.43. The summed E-state index contributed by atoms with van der Waals surface area (Å²) in [5.74, 6) is -3.16. The number of halogens is 2. The molecule has 0 atom stereocenters. The fourth-order valence-electron chi connectivity index (χ4n) is 0.661. The fraction of sp³-hybridized carbons (Fsp3) is 0. The Kier molecular flexibility index (Phi) is 4.37. The number of carboxylic acid groups (broad SMARTS) is 1. The number of carbonyl (C=O) groups is 1. The van der Waals surface area contributed by atoms with Gasteiger partial charge in [0.2, 0.25) is 0 Å². The van der Waals surface area contributed by atoms with Gasteiger partial charge in [-0.1, -0.05) is 0 Å². The first kappa shape index (κ1) is 11.6. The summed E-state index contributed by atoms with van der Waals surface area (Å²) in [5, 5.41) is 8.28. The van der Waals surface area contributed by atoms with Crippen molar-refractivity contribution in [2.24, 2.45) is 0 Å². The Hall–Kier alpha value is -0.450. The van der Waals surface area contributed by atoms with Crippen molar-refractivity contribution in [1.82, 2.24) is 0 Å². The monoisotopic (exact) mass is 181 g/mol. The molecule has 0 fully saturated rings. The Balaban J connectivity index is 0.00000121. The second kappa shape index (κ2) is 4.54. The van der Waals surface area contributed by atoms with Crippen LogP contribution in [0.1, 0.15) is 10.4 Å². The molecule has 0 spiro atoms. The third-order valence-electron chi connectivity index (χ3n) is 1.16. The molecule has 1 N–H and O–H groups in total. The smallest absolute Gasteiger partial charge is 0.338 e. The van der Waals surface area contributed by atoms with Gasteiger partial charge >= 0.3 is 5.97 Å². The Morgan fingerprint density at radius 3 is 2.33 bits per heavy atom. The van der Waals surface area contributed by atoms with Crippen molar-refractivity contribution >= 4 is 35.5 Å². The van der Waals surface area contributed by atoms with Gasteiger partial charge in [0.1, 0.15) is 11.6 Å². The van der Waals surface area contributed by atoms with Crippen LogP contribution in [-0.2, 0) is 0 Å². The first-order valence-electron chi connectivity index (χ1n) is 2.79. The quantitative estimate of drug-likeness (QED) is 0.662. The number of hydrogen-bond acceptors (Lipinski definition) is 1. The molecular formula is C7H4F2NaO2. The molecule has 0 unspecified atom stereocenters. The minimum Gasteiger partial charge on any atom is -0.478 e. The van der Waals surface area contributed by atoms with Gasteiger partial charge in [0.05, 0.1) is 5.56 Å². The summed E-state index contributed by atoms with van der Waals surface area (Å²) in [6.07, 6.45) is 0. The average molecular weight is 181 g/mol. The van der Waals surface area contributed by atoms with E-state index in [0.29, 0.717) is 6.07 Å². The Morgan fingerprint density at radius 1 is 1.33 bits per heavy atom. The van der Waals surface area contributed by atoms with Crippen LogP contribution >= 0.6 is 0 Å². The normalized spacial score (nSPS) is 8.83. The summed E-state index contributed by atoms with van der Waals surface area (Å²) in [6, 6.07) is 2.28. The van der Waals surface area contributed by atoms with Gasteiger partial charge in [-0.2, -0.15) is 0 Å². The van der Waals surface area contributed by atoms with E-state index in [1.807, 2.05) is 0 Å². The zero-order valence-corrected chi connectivity index (χ0v) is 8.34. The minimum absolute atomic E-state index is 0. The second-order valence-corrected chi connectivity index (χ2v) is 1.93. The average Bonchev–Trinajstić information content (AvgIpc) is 1.94. The van der Waals surface area contributed by atoms with Crippen LogP contribution < -0.4 is 0 Å². The molecule has 59 valence electrons. The van der Waals surface area contributed by atoms with E-state index in [2.05, 4.69) is 0 Å². The molecule has 0 bridgehead atoms. The molecule has 1 radical (unpaired) electrons. The van der Waals surface area contributed by atoms with E-state index in [9.17, 15) is 13.6 Å². The van der Waals surface area contributed by atoms with Gasteiger partial charge < -0.3 is 5.11 Å². The molecule has 12 heavy (non-hydrogen) atoms. The Labute approximate surface area is 89.5 Å². The summed E-state index contributed by atoms with van der Waals surface area (Å²) in [5.41, 5.74) is -0.648. The number of carboxylic acids is 1. The van der Waals surface area contributed by atoms with Gasteiger partial charge in [-0.05, 0) is 18.2 Å². The predicted octanol–water partition coefficient (Wildman–Crippen LogP) is 1.28. The molecule has 1 rings (SSSR count). The summed E-state index contributed by atoms with van der Waals surface area (Å²) in [6.45, 7) is 0. The van der Waals surface area contributed by atoms with Crippen LogP contribution in [-0.4, -0.2) is 40.6 Å². The van der Waals surface area contributed by atoms with Crippen molar-refractivity contribution in [1.29, 1.82) is 0 Å². The van der Waals surface area contributed by atoms with Crippen molar-refractivity contribution in [2.75, 3.05) is 0 Å². The van der Waals surface area contributed by atoms with E-state index in [1.54, 1.807) is 0 Å². The first-order valence-corrected chi connectivity index (χ1v) is 2.79. The molecule has 0 aliphatic rings. The van der Waals surface area contributed by atoms with Crippen molar-refractivity contribution in [2.45, 2.75) is 0 Å². The molecule has 1 aromatic rings. The summed E-state index contributed by atoms with van der Waals surface area (Å²) < 4.78 is 24.8. The number of rotatable bonds is 1. The molecule has 0 aromatic heterocycles.